The summed E-state index contributed by atoms with van der Waals surface area (Å²) in [6, 6.07) is 2.29. The lowest BCUT2D eigenvalue weighted by Gasteiger charge is -2.30. The lowest BCUT2D eigenvalue weighted by molar-refractivity contribution is -0.133. The lowest BCUT2D eigenvalue weighted by atomic mass is 9.97. The summed E-state index contributed by atoms with van der Waals surface area (Å²) in [4.78, 5) is 13.9. The normalized spacial score (nSPS) is 26.7. The number of piperidine rings is 1. The molecule has 88 valence electrons. The maximum absolute atomic E-state index is 12.0. The molecule has 3 heteroatoms. The van der Waals surface area contributed by atoms with Crippen LogP contribution >= 0.6 is 0 Å². The van der Waals surface area contributed by atoms with Crippen LogP contribution in [0, 0.1) is 23.2 Å². The van der Waals surface area contributed by atoms with Gasteiger partial charge in [0.05, 0.1) is 12.0 Å². The van der Waals surface area contributed by atoms with Crippen molar-refractivity contribution in [3.8, 4) is 6.07 Å². The average Bonchev–Trinajstić information content (AvgIpc) is 2.82. The highest BCUT2D eigenvalue weighted by molar-refractivity contribution is 5.76. The molecule has 0 aromatic heterocycles. The van der Waals surface area contributed by atoms with Gasteiger partial charge in [0.25, 0.3) is 0 Å². The van der Waals surface area contributed by atoms with Crippen LogP contribution in [0.5, 0.6) is 0 Å². The minimum absolute atomic E-state index is 0.0706. The standard InChI is InChI=1S/C13H20N2O/c14-9-12-6-3-7-15(10-12)13(16)8-11-4-1-2-5-11/h11-12H,1-8,10H2. The third-order valence-corrected chi connectivity index (χ3v) is 3.89. The molecule has 1 amide bonds. The van der Waals surface area contributed by atoms with Crippen molar-refractivity contribution in [3.05, 3.63) is 0 Å². The number of rotatable bonds is 2. The number of hydrogen-bond donors (Lipinski definition) is 0. The van der Waals surface area contributed by atoms with Gasteiger partial charge in [-0.1, -0.05) is 12.8 Å². The summed E-state index contributed by atoms with van der Waals surface area (Å²) in [7, 11) is 0. The number of nitriles is 1. The maximum Gasteiger partial charge on any atom is 0.222 e. The van der Waals surface area contributed by atoms with Crippen molar-refractivity contribution in [2.24, 2.45) is 11.8 Å². The van der Waals surface area contributed by atoms with E-state index in [9.17, 15) is 4.79 Å². The first-order valence-corrected chi connectivity index (χ1v) is 6.47. The van der Waals surface area contributed by atoms with E-state index in [1.807, 2.05) is 4.90 Å². The molecule has 0 aromatic rings. The molecule has 1 aliphatic heterocycles. The van der Waals surface area contributed by atoms with Crippen LogP contribution in [0.25, 0.3) is 0 Å². The quantitative estimate of drug-likeness (QED) is 0.717. The zero-order valence-corrected chi connectivity index (χ0v) is 9.82. The van der Waals surface area contributed by atoms with Gasteiger partial charge in [0.1, 0.15) is 0 Å². The van der Waals surface area contributed by atoms with Gasteiger partial charge in [0, 0.05) is 19.5 Å². The van der Waals surface area contributed by atoms with Crippen molar-refractivity contribution >= 4 is 5.91 Å². The molecule has 0 bridgehead atoms. The second-order valence-corrected chi connectivity index (χ2v) is 5.16. The van der Waals surface area contributed by atoms with Gasteiger partial charge in [0.2, 0.25) is 5.91 Å². The molecule has 2 fully saturated rings. The molecule has 2 aliphatic rings. The first-order valence-electron chi connectivity index (χ1n) is 6.47. The molecule has 1 atom stereocenters. The summed E-state index contributed by atoms with van der Waals surface area (Å²) < 4.78 is 0. The molecular formula is C13H20N2O. The number of likely N-dealkylation sites (tertiary alicyclic amines) is 1. The van der Waals surface area contributed by atoms with Gasteiger partial charge in [0.15, 0.2) is 0 Å². The highest BCUT2D eigenvalue weighted by Crippen LogP contribution is 2.28. The van der Waals surface area contributed by atoms with E-state index in [-0.39, 0.29) is 11.8 Å². The Morgan fingerprint density at radius 2 is 2.00 bits per heavy atom. The summed E-state index contributed by atoms with van der Waals surface area (Å²) in [5, 5.41) is 8.89. The summed E-state index contributed by atoms with van der Waals surface area (Å²) >= 11 is 0. The van der Waals surface area contributed by atoms with Crippen LogP contribution in [0.4, 0.5) is 0 Å². The fourth-order valence-corrected chi connectivity index (χ4v) is 2.90. The van der Waals surface area contributed by atoms with E-state index in [0.717, 1.165) is 25.8 Å². The molecule has 3 nitrogen and oxygen atoms in total. The molecule has 16 heavy (non-hydrogen) atoms. The van der Waals surface area contributed by atoms with Crippen LogP contribution < -0.4 is 0 Å². The largest absolute Gasteiger partial charge is 0.341 e. The second-order valence-electron chi connectivity index (χ2n) is 5.16. The van der Waals surface area contributed by atoms with Gasteiger partial charge in [-0.2, -0.15) is 5.26 Å². The van der Waals surface area contributed by atoms with Crippen LogP contribution in [0.2, 0.25) is 0 Å². The van der Waals surface area contributed by atoms with Crippen LogP contribution in [0.3, 0.4) is 0 Å². The third-order valence-electron chi connectivity index (χ3n) is 3.89. The SMILES string of the molecule is N#CC1CCCN(C(=O)CC2CCCC2)C1. The average molecular weight is 220 g/mol. The Bertz CT molecular complexity index is 289. The smallest absolute Gasteiger partial charge is 0.222 e. The number of hydrogen-bond acceptors (Lipinski definition) is 2. The molecule has 1 saturated heterocycles. The van der Waals surface area contributed by atoms with Gasteiger partial charge >= 0.3 is 0 Å². The molecule has 0 spiro atoms. The van der Waals surface area contributed by atoms with E-state index in [4.69, 9.17) is 5.26 Å². The molecule has 0 aromatic carbocycles. The van der Waals surface area contributed by atoms with E-state index < -0.39 is 0 Å². The molecule has 1 heterocycles. The number of nitrogens with zero attached hydrogens (tertiary/aromatic N) is 2. The van der Waals surface area contributed by atoms with E-state index >= 15 is 0 Å². The van der Waals surface area contributed by atoms with Crippen LogP contribution in [0.1, 0.15) is 44.9 Å². The van der Waals surface area contributed by atoms with Crippen molar-refractivity contribution in [2.45, 2.75) is 44.9 Å². The zero-order valence-electron chi connectivity index (χ0n) is 9.82. The van der Waals surface area contributed by atoms with Gasteiger partial charge in [-0.25, -0.2) is 0 Å². The Balaban J connectivity index is 1.81. The number of carbonyl (C=O) groups is 1. The predicted octanol–water partition coefficient (Wildman–Crippen LogP) is 2.33. The van der Waals surface area contributed by atoms with Crippen molar-refractivity contribution < 1.29 is 4.79 Å². The van der Waals surface area contributed by atoms with Gasteiger partial charge < -0.3 is 4.90 Å². The van der Waals surface area contributed by atoms with E-state index in [0.29, 0.717) is 12.5 Å². The fourth-order valence-electron chi connectivity index (χ4n) is 2.90. The van der Waals surface area contributed by atoms with E-state index in [1.54, 1.807) is 0 Å². The summed E-state index contributed by atoms with van der Waals surface area (Å²) in [5.74, 6) is 0.975. The third kappa shape index (κ3) is 2.75. The highest BCUT2D eigenvalue weighted by Gasteiger charge is 2.26. The first-order chi connectivity index (χ1) is 7.79. The molecule has 1 saturated carbocycles. The Morgan fingerprint density at radius 3 is 2.69 bits per heavy atom. The minimum atomic E-state index is 0.0706. The molecule has 0 N–H and O–H groups in total. The molecule has 1 aliphatic carbocycles. The Kier molecular flexibility index (Phi) is 3.82. The minimum Gasteiger partial charge on any atom is -0.341 e. The molecule has 1 unspecified atom stereocenters. The van der Waals surface area contributed by atoms with Gasteiger partial charge in [-0.05, 0) is 31.6 Å². The van der Waals surface area contributed by atoms with Crippen molar-refractivity contribution in [1.82, 2.24) is 4.90 Å². The van der Waals surface area contributed by atoms with Crippen molar-refractivity contribution in [3.63, 3.8) is 0 Å². The van der Waals surface area contributed by atoms with Gasteiger partial charge in [-0.15, -0.1) is 0 Å². The summed E-state index contributed by atoms with van der Waals surface area (Å²) in [6.45, 7) is 1.53. The van der Waals surface area contributed by atoms with Crippen LogP contribution in [-0.2, 0) is 4.79 Å². The first kappa shape index (κ1) is 11.4. The fraction of sp³-hybridized carbons (Fsp3) is 0.846. The Hall–Kier alpha value is -1.04. The monoisotopic (exact) mass is 220 g/mol. The molecular weight excluding hydrogens is 200 g/mol. The molecule has 0 radical (unpaired) electrons. The lowest BCUT2D eigenvalue weighted by Crippen LogP contribution is -2.40. The summed E-state index contributed by atoms with van der Waals surface area (Å²) in [5.41, 5.74) is 0. The van der Waals surface area contributed by atoms with Crippen LogP contribution in [-0.4, -0.2) is 23.9 Å². The van der Waals surface area contributed by atoms with Crippen molar-refractivity contribution in [1.29, 1.82) is 5.26 Å². The zero-order chi connectivity index (χ0) is 11.4. The topological polar surface area (TPSA) is 44.1 Å². The number of amides is 1. The van der Waals surface area contributed by atoms with Gasteiger partial charge in [-0.3, -0.25) is 4.79 Å². The van der Waals surface area contributed by atoms with E-state index in [1.165, 1.54) is 25.7 Å². The number of carbonyl (C=O) groups excluding carboxylic acids is 1. The Morgan fingerprint density at radius 1 is 1.25 bits per heavy atom. The predicted molar refractivity (Wildman–Crippen MR) is 61.5 cm³/mol. The van der Waals surface area contributed by atoms with E-state index in [2.05, 4.69) is 6.07 Å². The van der Waals surface area contributed by atoms with Crippen molar-refractivity contribution in [2.75, 3.05) is 13.1 Å². The molecule has 2 rings (SSSR count). The Labute approximate surface area is 97.4 Å². The maximum atomic E-state index is 12.0. The second kappa shape index (κ2) is 5.34. The van der Waals surface area contributed by atoms with Crippen LogP contribution in [0.15, 0.2) is 0 Å². The highest BCUT2D eigenvalue weighted by atomic mass is 16.2. The summed E-state index contributed by atoms with van der Waals surface area (Å²) in [6.07, 6.45) is 7.70.